The van der Waals surface area contributed by atoms with E-state index in [9.17, 15) is 8.42 Å². The van der Waals surface area contributed by atoms with E-state index in [0.717, 1.165) is 0 Å². The lowest BCUT2D eigenvalue weighted by Gasteiger charge is -2.00. The molecule has 8 heteroatoms. The van der Waals surface area contributed by atoms with Crippen molar-refractivity contribution >= 4 is 15.7 Å². The van der Waals surface area contributed by atoms with Gasteiger partial charge in [0.05, 0.1) is 6.20 Å². The molecule has 0 amide bonds. The van der Waals surface area contributed by atoms with E-state index >= 15 is 0 Å². The zero-order chi connectivity index (χ0) is 10.0. The van der Waals surface area contributed by atoms with Crippen molar-refractivity contribution in [1.29, 1.82) is 0 Å². The lowest BCUT2D eigenvalue weighted by molar-refractivity contribution is 0.420. The minimum atomic E-state index is -3.66. The van der Waals surface area contributed by atoms with Gasteiger partial charge in [0.2, 0.25) is 5.16 Å². The number of hydrogen-bond donors (Lipinski definition) is 2. The predicted molar refractivity (Wildman–Crippen MR) is 45.9 cm³/mol. The molecule has 0 atom stereocenters. The quantitative estimate of drug-likeness (QED) is 0.759. The van der Waals surface area contributed by atoms with Crippen molar-refractivity contribution in [2.75, 3.05) is 4.72 Å². The summed E-state index contributed by atoms with van der Waals surface area (Å²) in [5, 5.41) is 3.20. The Hall–Kier alpha value is -1.83. The molecule has 0 aromatic carbocycles. The monoisotopic (exact) mass is 214 g/mol. The fourth-order valence-corrected chi connectivity index (χ4v) is 1.79. The molecule has 7 nitrogen and oxygen atoms in total. The minimum Gasteiger partial charge on any atom is -0.362 e. The average Bonchev–Trinajstić information content (AvgIpc) is 2.71. The molecule has 0 aliphatic carbocycles. The van der Waals surface area contributed by atoms with Crippen LogP contribution < -0.4 is 4.72 Å². The fraction of sp³-hybridized carbons (Fsp3) is 0. The van der Waals surface area contributed by atoms with Crippen LogP contribution >= 0.6 is 0 Å². The highest BCUT2D eigenvalue weighted by Crippen LogP contribution is 2.10. The van der Waals surface area contributed by atoms with Crippen LogP contribution in [0.3, 0.4) is 0 Å². The Labute approximate surface area is 79.2 Å². The van der Waals surface area contributed by atoms with E-state index in [-0.39, 0.29) is 10.8 Å². The number of nitrogens with one attached hydrogen (secondary N) is 2. The van der Waals surface area contributed by atoms with E-state index in [1.165, 1.54) is 24.9 Å². The second-order valence-corrected chi connectivity index (χ2v) is 4.01. The van der Waals surface area contributed by atoms with E-state index in [1.807, 2.05) is 0 Å². The molecule has 0 saturated carbocycles. The number of imidazole rings is 1. The predicted octanol–water partition coefficient (Wildman–Crippen LogP) is 0.198. The van der Waals surface area contributed by atoms with Crippen molar-refractivity contribution in [3.63, 3.8) is 0 Å². The van der Waals surface area contributed by atoms with Gasteiger partial charge < -0.3 is 9.51 Å². The summed E-state index contributed by atoms with van der Waals surface area (Å²) < 4.78 is 29.7. The van der Waals surface area contributed by atoms with Gasteiger partial charge in [-0.2, -0.15) is 8.42 Å². The van der Waals surface area contributed by atoms with Crippen LogP contribution in [0.25, 0.3) is 0 Å². The van der Waals surface area contributed by atoms with Gasteiger partial charge in [0.25, 0.3) is 10.0 Å². The molecule has 0 radical (unpaired) electrons. The number of anilines is 1. The first kappa shape index (κ1) is 8.75. The molecule has 2 rings (SSSR count). The molecular weight excluding hydrogens is 208 g/mol. The highest BCUT2D eigenvalue weighted by atomic mass is 32.2. The smallest absolute Gasteiger partial charge is 0.295 e. The second kappa shape index (κ2) is 3.14. The van der Waals surface area contributed by atoms with Crippen molar-refractivity contribution in [3.8, 4) is 0 Å². The number of hydrogen-bond acceptors (Lipinski definition) is 5. The minimum absolute atomic E-state index is 0.154. The third-order valence-electron chi connectivity index (χ3n) is 1.41. The van der Waals surface area contributed by atoms with Gasteiger partial charge in [-0.1, -0.05) is 5.16 Å². The fourth-order valence-electron chi connectivity index (χ4n) is 0.856. The zero-order valence-corrected chi connectivity index (χ0v) is 7.65. The number of H-pyrrole nitrogens is 1. The molecule has 14 heavy (non-hydrogen) atoms. The summed E-state index contributed by atoms with van der Waals surface area (Å²) in [7, 11) is -3.66. The first-order valence-corrected chi connectivity index (χ1v) is 5.08. The first-order chi connectivity index (χ1) is 6.68. The molecule has 2 heterocycles. The summed E-state index contributed by atoms with van der Waals surface area (Å²) >= 11 is 0. The Kier molecular flexibility index (Phi) is 1.97. The van der Waals surface area contributed by atoms with Crippen LogP contribution in [0.4, 0.5) is 5.69 Å². The Morgan fingerprint density at radius 1 is 1.50 bits per heavy atom. The number of aromatic amines is 1. The highest BCUT2D eigenvalue weighted by molar-refractivity contribution is 7.92. The SMILES string of the molecule is O=S(=O)(Nc1cnoc1)c1ncc[nH]1. The van der Waals surface area contributed by atoms with Crippen LogP contribution in [0.15, 0.2) is 34.5 Å². The van der Waals surface area contributed by atoms with E-state index in [4.69, 9.17) is 0 Å². The number of sulfonamides is 1. The van der Waals surface area contributed by atoms with Gasteiger partial charge in [-0.05, 0) is 0 Å². The van der Waals surface area contributed by atoms with Crippen LogP contribution in [0.2, 0.25) is 0 Å². The Morgan fingerprint density at radius 2 is 2.36 bits per heavy atom. The maximum atomic E-state index is 11.5. The molecule has 0 unspecified atom stereocenters. The molecule has 0 aliphatic rings. The van der Waals surface area contributed by atoms with Gasteiger partial charge in [-0.15, -0.1) is 0 Å². The normalized spacial score (nSPS) is 11.4. The molecule has 2 aromatic heterocycles. The third-order valence-corrected chi connectivity index (χ3v) is 2.65. The molecule has 0 fully saturated rings. The summed E-state index contributed by atoms with van der Waals surface area (Å²) in [5.41, 5.74) is 0.251. The lowest BCUT2D eigenvalue weighted by Crippen LogP contribution is -2.13. The third kappa shape index (κ3) is 1.59. The average molecular weight is 214 g/mol. The molecule has 0 bridgehead atoms. The van der Waals surface area contributed by atoms with Crippen LogP contribution in [0.1, 0.15) is 0 Å². The van der Waals surface area contributed by atoms with E-state index in [0.29, 0.717) is 0 Å². The van der Waals surface area contributed by atoms with Crippen LogP contribution in [0, 0.1) is 0 Å². The zero-order valence-electron chi connectivity index (χ0n) is 6.84. The van der Waals surface area contributed by atoms with E-state index in [1.54, 1.807) is 0 Å². The van der Waals surface area contributed by atoms with Crippen LogP contribution in [-0.2, 0) is 10.0 Å². The summed E-state index contributed by atoms with van der Waals surface area (Å²) in [5.74, 6) is 0. The van der Waals surface area contributed by atoms with Crippen molar-refractivity contribution in [2.45, 2.75) is 5.16 Å². The summed E-state index contributed by atoms with van der Waals surface area (Å²) in [6.07, 6.45) is 5.20. The highest BCUT2D eigenvalue weighted by Gasteiger charge is 2.17. The van der Waals surface area contributed by atoms with Gasteiger partial charge in [0.15, 0.2) is 0 Å². The maximum absolute atomic E-state index is 11.5. The van der Waals surface area contributed by atoms with Gasteiger partial charge in [0.1, 0.15) is 12.0 Å². The molecule has 74 valence electrons. The number of aromatic nitrogens is 3. The second-order valence-electron chi connectivity index (χ2n) is 2.41. The number of nitrogens with zero attached hydrogens (tertiary/aromatic N) is 2. The Balaban J connectivity index is 2.27. The lowest BCUT2D eigenvalue weighted by atomic mass is 10.6. The summed E-state index contributed by atoms with van der Waals surface area (Å²) in [6, 6.07) is 0. The molecule has 0 saturated heterocycles. The van der Waals surface area contributed by atoms with E-state index in [2.05, 4.69) is 24.4 Å². The summed E-state index contributed by atoms with van der Waals surface area (Å²) in [6.45, 7) is 0. The van der Waals surface area contributed by atoms with Crippen molar-refractivity contribution in [1.82, 2.24) is 15.1 Å². The first-order valence-electron chi connectivity index (χ1n) is 3.60. The van der Waals surface area contributed by atoms with Gasteiger partial charge in [0, 0.05) is 12.4 Å². The topological polar surface area (TPSA) is 101 Å². The van der Waals surface area contributed by atoms with Gasteiger partial charge in [-0.3, -0.25) is 4.72 Å². The van der Waals surface area contributed by atoms with Gasteiger partial charge in [-0.25, -0.2) is 4.98 Å². The molecule has 0 spiro atoms. The van der Waals surface area contributed by atoms with E-state index < -0.39 is 10.0 Å². The van der Waals surface area contributed by atoms with Crippen LogP contribution in [-0.4, -0.2) is 23.5 Å². The summed E-state index contributed by atoms with van der Waals surface area (Å²) in [4.78, 5) is 6.09. The standard InChI is InChI=1S/C6H6N4O3S/c11-14(12,6-7-1-2-8-6)10-5-3-9-13-4-5/h1-4,10H,(H,7,8). The molecular formula is C6H6N4O3S. The Bertz CT molecular complexity index is 487. The van der Waals surface area contributed by atoms with Crippen molar-refractivity contribution in [3.05, 3.63) is 24.9 Å². The van der Waals surface area contributed by atoms with Gasteiger partial charge >= 0.3 is 0 Å². The molecule has 2 aromatic rings. The molecule has 0 aliphatic heterocycles. The van der Waals surface area contributed by atoms with Crippen LogP contribution in [0.5, 0.6) is 0 Å². The molecule has 2 N–H and O–H groups in total. The van der Waals surface area contributed by atoms with Crippen molar-refractivity contribution in [2.24, 2.45) is 0 Å². The number of rotatable bonds is 3. The maximum Gasteiger partial charge on any atom is 0.295 e. The van der Waals surface area contributed by atoms with Crippen molar-refractivity contribution < 1.29 is 12.9 Å². The Morgan fingerprint density at radius 3 is 2.93 bits per heavy atom. The largest absolute Gasteiger partial charge is 0.362 e.